The molecule has 3 rings (SSSR count). The highest BCUT2D eigenvalue weighted by Crippen LogP contribution is 2.30. The molecule has 0 aliphatic carbocycles. The van der Waals surface area contributed by atoms with E-state index in [4.69, 9.17) is 11.6 Å². The van der Waals surface area contributed by atoms with Gasteiger partial charge in [0, 0.05) is 35.4 Å². The van der Waals surface area contributed by atoms with Crippen LogP contribution in [0.25, 0.3) is 0 Å². The Labute approximate surface area is 182 Å². The fraction of sp³-hybridized carbons (Fsp3) is 0.143. The Morgan fingerprint density at radius 1 is 1.00 bits per heavy atom. The molecule has 2 N–H and O–H groups in total. The van der Waals surface area contributed by atoms with Crippen molar-refractivity contribution in [2.24, 2.45) is 0 Å². The zero-order valence-corrected chi connectivity index (χ0v) is 17.5. The number of anilines is 2. The maximum atomic E-state index is 12.4. The van der Waals surface area contributed by atoms with Gasteiger partial charge in [-0.25, -0.2) is 0 Å². The van der Waals surface area contributed by atoms with Gasteiger partial charge in [-0.15, -0.1) is 0 Å². The zero-order chi connectivity index (χ0) is 21.7. The number of nitrogens with one attached hydrogen (secondary N) is 2. The number of nitrogens with zero attached hydrogens (tertiary/aromatic N) is 1. The summed E-state index contributed by atoms with van der Waals surface area (Å²) in [6.45, 7) is 1.85. The Balaban J connectivity index is 1.55. The molecule has 4 amide bonds. The predicted octanol–water partition coefficient (Wildman–Crippen LogP) is 4.20. The third-order valence-electron chi connectivity index (χ3n) is 4.15. The third-order valence-corrected chi connectivity index (χ3v) is 5.30. The molecule has 1 fully saturated rings. The largest absolute Gasteiger partial charge is 0.326 e. The Morgan fingerprint density at radius 3 is 2.27 bits per heavy atom. The number of imide groups is 1. The van der Waals surface area contributed by atoms with Crippen molar-refractivity contribution in [3.8, 4) is 0 Å². The van der Waals surface area contributed by atoms with Gasteiger partial charge in [-0.1, -0.05) is 29.3 Å². The molecule has 0 saturated carbocycles. The predicted molar refractivity (Wildman–Crippen MR) is 117 cm³/mol. The normalized spacial score (nSPS) is 14.9. The maximum Gasteiger partial charge on any atom is 0.293 e. The van der Waals surface area contributed by atoms with Crippen LogP contribution < -0.4 is 10.6 Å². The van der Waals surface area contributed by atoms with E-state index in [1.54, 1.807) is 36.4 Å². The van der Waals surface area contributed by atoms with E-state index in [1.165, 1.54) is 0 Å². The van der Waals surface area contributed by atoms with E-state index in [0.717, 1.165) is 16.5 Å². The first-order chi connectivity index (χ1) is 14.3. The SMILES string of the molecule is Cc1ccc(NC(=O)/C=C2\SC(=O)N(CCC(=O)Nc3ccc(Cl)cc3)C2=O)cc1. The molecule has 30 heavy (non-hydrogen) atoms. The highest BCUT2D eigenvalue weighted by Gasteiger charge is 2.35. The van der Waals surface area contributed by atoms with Crippen molar-refractivity contribution in [2.45, 2.75) is 13.3 Å². The van der Waals surface area contributed by atoms with Gasteiger partial charge in [0.1, 0.15) is 0 Å². The van der Waals surface area contributed by atoms with Gasteiger partial charge in [-0.2, -0.15) is 0 Å². The zero-order valence-electron chi connectivity index (χ0n) is 16.0. The molecule has 1 heterocycles. The van der Waals surface area contributed by atoms with Crippen LogP contribution in [0.15, 0.2) is 59.5 Å². The number of carbonyl (C=O) groups excluding carboxylic acids is 4. The lowest BCUT2D eigenvalue weighted by molar-refractivity contribution is -0.123. The smallest absolute Gasteiger partial charge is 0.293 e. The molecule has 154 valence electrons. The van der Waals surface area contributed by atoms with Gasteiger partial charge in [0.2, 0.25) is 11.8 Å². The van der Waals surface area contributed by atoms with E-state index in [2.05, 4.69) is 10.6 Å². The minimum Gasteiger partial charge on any atom is -0.326 e. The molecule has 0 unspecified atom stereocenters. The molecule has 0 spiro atoms. The summed E-state index contributed by atoms with van der Waals surface area (Å²) in [6, 6.07) is 13.8. The van der Waals surface area contributed by atoms with Crippen LogP contribution in [0.2, 0.25) is 5.02 Å². The van der Waals surface area contributed by atoms with Crippen LogP contribution >= 0.6 is 23.4 Å². The summed E-state index contributed by atoms with van der Waals surface area (Å²) in [5.74, 6) is -1.45. The molecule has 2 aromatic carbocycles. The number of hydrogen-bond acceptors (Lipinski definition) is 5. The fourth-order valence-electron chi connectivity index (χ4n) is 2.60. The second-order valence-corrected chi connectivity index (χ2v) is 7.92. The van der Waals surface area contributed by atoms with Gasteiger partial charge in [0.15, 0.2) is 0 Å². The second-order valence-electron chi connectivity index (χ2n) is 6.49. The summed E-state index contributed by atoms with van der Waals surface area (Å²) in [4.78, 5) is 49.8. The standard InChI is InChI=1S/C21H18ClN3O4S/c1-13-2-6-15(7-3-13)24-19(27)12-17-20(28)25(21(29)30-17)11-10-18(26)23-16-8-4-14(22)5-9-16/h2-9,12H,10-11H2,1H3,(H,23,26)(H,24,27)/b17-12-. The molecular weight excluding hydrogens is 426 g/mol. The van der Waals surface area contributed by atoms with Gasteiger partial charge < -0.3 is 10.6 Å². The fourth-order valence-corrected chi connectivity index (χ4v) is 3.56. The Hall–Kier alpha value is -3.10. The summed E-state index contributed by atoms with van der Waals surface area (Å²) >= 11 is 6.47. The van der Waals surface area contributed by atoms with Gasteiger partial charge in [0.05, 0.1) is 4.91 Å². The van der Waals surface area contributed by atoms with Gasteiger partial charge >= 0.3 is 0 Å². The van der Waals surface area contributed by atoms with Crippen LogP contribution in [0.3, 0.4) is 0 Å². The number of rotatable bonds is 6. The van der Waals surface area contributed by atoms with Crippen LogP contribution in [-0.2, 0) is 14.4 Å². The Bertz CT molecular complexity index is 1020. The molecule has 7 nitrogen and oxygen atoms in total. The molecule has 9 heteroatoms. The van der Waals surface area contributed by atoms with Gasteiger partial charge in [-0.3, -0.25) is 24.1 Å². The summed E-state index contributed by atoms with van der Waals surface area (Å²) in [5.41, 5.74) is 2.19. The average molecular weight is 444 g/mol. The molecule has 1 aliphatic heterocycles. The molecule has 0 aromatic heterocycles. The number of halogens is 1. The minimum atomic E-state index is -0.594. The van der Waals surface area contributed by atoms with Crippen LogP contribution in [0.5, 0.6) is 0 Å². The van der Waals surface area contributed by atoms with Gasteiger partial charge in [-0.05, 0) is 55.1 Å². The van der Waals surface area contributed by atoms with E-state index in [0.29, 0.717) is 28.2 Å². The van der Waals surface area contributed by atoms with Crippen molar-refractivity contribution in [2.75, 3.05) is 17.2 Å². The number of thioether (sulfide) groups is 1. The number of aryl methyl sites for hydroxylation is 1. The molecule has 0 atom stereocenters. The van der Waals surface area contributed by atoms with Crippen molar-refractivity contribution in [3.63, 3.8) is 0 Å². The highest BCUT2D eigenvalue weighted by molar-refractivity contribution is 8.18. The van der Waals surface area contributed by atoms with Crippen molar-refractivity contribution >= 4 is 57.7 Å². The molecule has 2 aromatic rings. The molecule has 1 aliphatic rings. The quantitative estimate of drug-likeness (QED) is 0.652. The highest BCUT2D eigenvalue weighted by atomic mass is 35.5. The van der Waals surface area contributed by atoms with Crippen LogP contribution in [0.1, 0.15) is 12.0 Å². The first-order valence-electron chi connectivity index (χ1n) is 9.00. The Kier molecular flexibility index (Phi) is 6.91. The number of amides is 4. The topological polar surface area (TPSA) is 95.6 Å². The van der Waals surface area contributed by atoms with Crippen LogP contribution in [-0.4, -0.2) is 34.4 Å². The first-order valence-corrected chi connectivity index (χ1v) is 10.2. The Morgan fingerprint density at radius 2 is 1.60 bits per heavy atom. The van der Waals surface area contributed by atoms with E-state index in [-0.39, 0.29) is 23.8 Å². The van der Waals surface area contributed by atoms with Crippen LogP contribution in [0.4, 0.5) is 16.2 Å². The van der Waals surface area contributed by atoms with E-state index in [1.807, 2.05) is 19.1 Å². The number of carbonyl (C=O) groups is 4. The van der Waals surface area contributed by atoms with Crippen LogP contribution in [0, 0.1) is 6.92 Å². The van der Waals surface area contributed by atoms with E-state index >= 15 is 0 Å². The molecule has 0 bridgehead atoms. The molecule has 1 saturated heterocycles. The summed E-state index contributed by atoms with van der Waals surface area (Å²) in [7, 11) is 0. The first kappa shape index (κ1) is 21.6. The lowest BCUT2D eigenvalue weighted by Crippen LogP contribution is -2.31. The number of benzene rings is 2. The average Bonchev–Trinajstić information content (AvgIpc) is 2.96. The summed E-state index contributed by atoms with van der Waals surface area (Å²) < 4.78 is 0. The van der Waals surface area contributed by atoms with Crippen molar-refractivity contribution < 1.29 is 19.2 Å². The van der Waals surface area contributed by atoms with Crippen molar-refractivity contribution in [1.82, 2.24) is 4.90 Å². The third kappa shape index (κ3) is 5.71. The van der Waals surface area contributed by atoms with Gasteiger partial charge in [0.25, 0.3) is 11.1 Å². The lowest BCUT2D eigenvalue weighted by Gasteiger charge is -2.12. The molecule has 0 radical (unpaired) electrons. The van der Waals surface area contributed by atoms with E-state index in [9.17, 15) is 19.2 Å². The monoisotopic (exact) mass is 443 g/mol. The number of hydrogen-bond donors (Lipinski definition) is 2. The summed E-state index contributed by atoms with van der Waals surface area (Å²) in [6.07, 6.45) is 1.03. The van der Waals surface area contributed by atoms with E-state index < -0.39 is 17.1 Å². The molecular formula is C21H18ClN3O4S. The second kappa shape index (κ2) is 9.60. The van der Waals surface area contributed by atoms with Crippen molar-refractivity contribution in [3.05, 3.63) is 70.1 Å². The summed E-state index contributed by atoms with van der Waals surface area (Å²) in [5, 5.41) is 5.33. The lowest BCUT2D eigenvalue weighted by atomic mass is 10.2. The van der Waals surface area contributed by atoms with Crippen molar-refractivity contribution in [1.29, 1.82) is 0 Å². The maximum absolute atomic E-state index is 12.4. The minimum absolute atomic E-state index is 0.0164.